The SMILES string of the molecule is CC(c1cccc(Cl)c1)N(C)C(=O)C(C)(C)CN. The number of amides is 1. The van der Waals surface area contributed by atoms with E-state index < -0.39 is 5.41 Å². The fraction of sp³-hybridized carbons (Fsp3) is 0.500. The second-order valence-corrected chi connectivity index (χ2v) is 5.67. The summed E-state index contributed by atoms with van der Waals surface area (Å²) in [4.78, 5) is 14.0. The highest BCUT2D eigenvalue weighted by Crippen LogP contribution is 2.26. The van der Waals surface area contributed by atoms with Crippen molar-refractivity contribution in [2.24, 2.45) is 11.1 Å². The van der Waals surface area contributed by atoms with Gasteiger partial charge in [0, 0.05) is 18.6 Å². The number of rotatable bonds is 4. The van der Waals surface area contributed by atoms with Crippen LogP contribution >= 0.6 is 11.6 Å². The number of hydrogen-bond donors (Lipinski definition) is 1. The Morgan fingerprint density at radius 2 is 2.11 bits per heavy atom. The van der Waals surface area contributed by atoms with E-state index in [1.54, 1.807) is 11.9 Å². The first-order chi connectivity index (χ1) is 8.29. The van der Waals surface area contributed by atoms with E-state index in [1.165, 1.54) is 0 Å². The van der Waals surface area contributed by atoms with E-state index in [1.807, 2.05) is 45.0 Å². The Morgan fingerprint density at radius 1 is 1.50 bits per heavy atom. The van der Waals surface area contributed by atoms with E-state index >= 15 is 0 Å². The minimum atomic E-state index is -0.540. The van der Waals surface area contributed by atoms with E-state index in [2.05, 4.69) is 0 Å². The van der Waals surface area contributed by atoms with Crippen molar-refractivity contribution in [3.8, 4) is 0 Å². The molecule has 1 rings (SSSR count). The van der Waals surface area contributed by atoms with Crippen molar-refractivity contribution in [3.05, 3.63) is 34.9 Å². The van der Waals surface area contributed by atoms with Crippen molar-refractivity contribution in [3.63, 3.8) is 0 Å². The van der Waals surface area contributed by atoms with Crippen LogP contribution in [0.4, 0.5) is 0 Å². The molecule has 1 aromatic rings. The zero-order chi connectivity index (χ0) is 13.9. The van der Waals surface area contributed by atoms with E-state index in [4.69, 9.17) is 17.3 Å². The molecule has 0 radical (unpaired) electrons. The highest BCUT2D eigenvalue weighted by atomic mass is 35.5. The van der Waals surface area contributed by atoms with Crippen molar-refractivity contribution in [1.29, 1.82) is 0 Å². The molecule has 0 saturated carbocycles. The number of nitrogens with two attached hydrogens (primary N) is 1. The Labute approximate surface area is 114 Å². The molecule has 100 valence electrons. The van der Waals surface area contributed by atoms with Gasteiger partial charge < -0.3 is 10.6 Å². The summed E-state index contributed by atoms with van der Waals surface area (Å²) in [6, 6.07) is 7.53. The molecule has 2 N–H and O–H groups in total. The largest absolute Gasteiger partial charge is 0.338 e. The van der Waals surface area contributed by atoms with E-state index in [0.29, 0.717) is 11.6 Å². The molecule has 18 heavy (non-hydrogen) atoms. The van der Waals surface area contributed by atoms with Crippen LogP contribution in [0.1, 0.15) is 32.4 Å². The lowest BCUT2D eigenvalue weighted by Gasteiger charge is -2.32. The fourth-order valence-corrected chi connectivity index (χ4v) is 1.93. The van der Waals surface area contributed by atoms with Gasteiger partial charge in [-0.1, -0.05) is 23.7 Å². The molecule has 0 aliphatic heterocycles. The highest BCUT2D eigenvalue weighted by molar-refractivity contribution is 6.30. The molecule has 1 aromatic carbocycles. The van der Waals surface area contributed by atoms with Gasteiger partial charge in [0.05, 0.1) is 11.5 Å². The molecular weight excluding hydrogens is 248 g/mol. The smallest absolute Gasteiger partial charge is 0.229 e. The van der Waals surface area contributed by atoms with Gasteiger partial charge in [-0.3, -0.25) is 4.79 Å². The van der Waals surface area contributed by atoms with E-state index in [9.17, 15) is 4.79 Å². The minimum absolute atomic E-state index is 0.0259. The summed E-state index contributed by atoms with van der Waals surface area (Å²) in [5.74, 6) is 0.0393. The summed E-state index contributed by atoms with van der Waals surface area (Å²) in [7, 11) is 1.80. The number of carbonyl (C=O) groups is 1. The molecule has 0 aliphatic carbocycles. The van der Waals surface area contributed by atoms with Crippen LogP contribution in [0.2, 0.25) is 5.02 Å². The first-order valence-corrected chi connectivity index (χ1v) is 6.40. The summed E-state index contributed by atoms with van der Waals surface area (Å²) in [6.07, 6.45) is 0. The van der Waals surface area contributed by atoms with Crippen molar-refractivity contribution in [2.45, 2.75) is 26.8 Å². The van der Waals surface area contributed by atoms with Crippen molar-refractivity contribution >= 4 is 17.5 Å². The Bertz CT molecular complexity index is 432. The molecule has 1 atom stereocenters. The highest BCUT2D eigenvalue weighted by Gasteiger charge is 2.31. The van der Waals surface area contributed by atoms with Crippen molar-refractivity contribution in [1.82, 2.24) is 4.90 Å². The van der Waals surface area contributed by atoms with Gasteiger partial charge in [0.25, 0.3) is 0 Å². The predicted octanol–water partition coefficient (Wildman–Crippen LogP) is 2.84. The number of carbonyl (C=O) groups excluding carboxylic acids is 1. The average Bonchev–Trinajstić information content (AvgIpc) is 2.36. The van der Waals surface area contributed by atoms with Crippen LogP contribution in [0, 0.1) is 5.41 Å². The Hall–Kier alpha value is -1.06. The number of benzene rings is 1. The van der Waals surface area contributed by atoms with Gasteiger partial charge in [0.15, 0.2) is 0 Å². The number of nitrogens with zero attached hydrogens (tertiary/aromatic N) is 1. The van der Waals surface area contributed by atoms with Gasteiger partial charge in [-0.15, -0.1) is 0 Å². The first kappa shape index (κ1) is 15.0. The third-order valence-electron chi connectivity index (χ3n) is 3.32. The summed E-state index contributed by atoms with van der Waals surface area (Å²) in [6.45, 7) is 6.03. The third-order valence-corrected chi connectivity index (χ3v) is 3.56. The molecule has 0 aromatic heterocycles. The molecule has 0 bridgehead atoms. The maximum atomic E-state index is 12.3. The first-order valence-electron chi connectivity index (χ1n) is 6.02. The number of halogens is 1. The quantitative estimate of drug-likeness (QED) is 0.913. The molecule has 0 fully saturated rings. The normalized spacial score (nSPS) is 13.2. The van der Waals surface area contributed by atoms with Gasteiger partial charge in [-0.25, -0.2) is 0 Å². The molecule has 0 heterocycles. The van der Waals surface area contributed by atoms with Crippen molar-refractivity contribution < 1.29 is 4.79 Å². The standard InChI is InChI=1S/C14H21ClN2O/c1-10(11-6-5-7-12(15)8-11)17(4)13(18)14(2,3)9-16/h5-8,10H,9,16H2,1-4H3. The van der Waals surface area contributed by atoms with Crippen molar-refractivity contribution in [2.75, 3.05) is 13.6 Å². The van der Waals surface area contributed by atoms with Crippen LogP contribution in [0.3, 0.4) is 0 Å². The van der Waals surface area contributed by atoms with Crippen LogP contribution in [-0.4, -0.2) is 24.4 Å². The van der Waals surface area contributed by atoms with Gasteiger partial charge in [-0.2, -0.15) is 0 Å². The second-order valence-electron chi connectivity index (χ2n) is 5.24. The van der Waals surface area contributed by atoms with Crippen LogP contribution in [-0.2, 0) is 4.79 Å². The average molecular weight is 269 g/mol. The lowest BCUT2D eigenvalue weighted by Crippen LogP contribution is -2.43. The third kappa shape index (κ3) is 3.24. The summed E-state index contributed by atoms with van der Waals surface area (Å²) < 4.78 is 0. The monoisotopic (exact) mass is 268 g/mol. The van der Waals surface area contributed by atoms with Gasteiger partial charge in [-0.05, 0) is 38.5 Å². The van der Waals surface area contributed by atoms with Gasteiger partial charge in [0.1, 0.15) is 0 Å². The van der Waals surface area contributed by atoms with Crippen LogP contribution in [0.5, 0.6) is 0 Å². The van der Waals surface area contributed by atoms with Crippen LogP contribution in [0.25, 0.3) is 0 Å². The van der Waals surface area contributed by atoms with Gasteiger partial charge >= 0.3 is 0 Å². The Kier molecular flexibility index (Phi) is 4.77. The van der Waals surface area contributed by atoms with Crippen LogP contribution in [0.15, 0.2) is 24.3 Å². The maximum absolute atomic E-state index is 12.3. The summed E-state index contributed by atoms with van der Waals surface area (Å²) in [5.41, 5.74) is 6.12. The van der Waals surface area contributed by atoms with Crippen LogP contribution < -0.4 is 5.73 Å². The second kappa shape index (κ2) is 5.72. The molecule has 0 aliphatic rings. The minimum Gasteiger partial charge on any atom is -0.338 e. The van der Waals surface area contributed by atoms with E-state index in [-0.39, 0.29) is 11.9 Å². The topological polar surface area (TPSA) is 46.3 Å². The maximum Gasteiger partial charge on any atom is 0.229 e. The molecule has 1 amide bonds. The summed E-state index contributed by atoms with van der Waals surface area (Å²) in [5, 5.41) is 0.679. The zero-order valence-electron chi connectivity index (χ0n) is 11.4. The molecule has 0 spiro atoms. The molecule has 0 saturated heterocycles. The fourth-order valence-electron chi connectivity index (χ4n) is 1.73. The summed E-state index contributed by atoms with van der Waals surface area (Å²) >= 11 is 5.97. The zero-order valence-corrected chi connectivity index (χ0v) is 12.2. The number of hydrogen-bond acceptors (Lipinski definition) is 2. The predicted molar refractivity (Wildman–Crippen MR) is 75.5 cm³/mol. The van der Waals surface area contributed by atoms with Gasteiger partial charge in [0.2, 0.25) is 5.91 Å². The Morgan fingerprint density at radius 3 is 2.61 bits per heavy atom. The molecule has 4 heteroatoms. The lowest BCUT2D eigenvalue weighted by molar-refractivity contribution is -0.140. The lowest BCUT2D eigenvalue weighted by atomic mass is 9.91. The molecular formula is C14H21ClN2O. The molecule has 1 unspecified atom stereocenters. The van der Waals surface area contributed by atoms with E-state index in [0.717, 1.165) is 5.56 Å². The Balaban J connectivity index is 2.91. The molecule has 3 nitrogen and oxygen atoms in total.